The molecule has 0 aliphatic carbocycles. The average molecular weight is 394 g/mol. The predicted molar refractivity (Wildman–Crippen MR) is 111 cm³/mol. The van der Waals surface area contributed by atoms with E-state index in [0.29, 0.717) is 24.0 Å². The number of aromatic nitrogens is 2. The van der Waals surface area contributed by atoms with Crippen molar-refractivity contribution in [1.29, 1.82) is 0 Å². The molecule has 0 spiro atoms. The Balaban J connectivity index is 1.36. The second kappa shape index (κ2) is 9.05. The predicted octanol–water partition coefficient (Wildman–Crippen LogP) is 2.72. The molecule has 1 aliphatic heterocycles. The molecule has 1 aromatic carbocycles. The van der Waals surface area contributed by atoms with Crippen molar-refractivity contribution in [2.45, 2.75) is 38.3 Å². The summed E-state index contributed by atoms with van der Waals surface area (Å²) in [6.45, 7) is 2.83. The molecule has 7 nitrogen and oxygen atoms in total. The van der Waals surface area contributed by atoms with Crippen LogP contribution in [-0.2, 0) is 11.3 Å². The molecule has 1 fully saturated rings. The number of carbonyl (C=O) groups excluding carboxylic acids is 1. The Morgan fingerprint density at radius 1 is 1.14 bits per heavy atom. The van der Waals surface area contributed by atoms with Gasteiger partial charge in [-0.2, -0.15) is 0 Å². The fraction of sp³-hybridized carbons (Fsp3) is 0.409. The summed E-state index contributed by atoms with van der Waals surface area (Å²) in [5.41, 5.74) is 0.547. The highest BCUT2D eigenvalue weighted by atomic mass is 16.3. The first-order valence-electron chi connectivity index (χ1n) is 10.2. The second-order valence-corrected chi connectivity index (χ2v) is 7.44. The van der Waals surface area contributed by atoms with Crippen molar-refractivity contribution in [2.75, 3.05) is 19.6 Å². The third kappa shape index (κ3) is 4.56. The molecular formula is C22H26N4O3. The van der Waals surface area contributed by atoms with Crippen molar-refractivity contribution in [3.05, 3.63) is 65.1 Å². The molecule has 3 heterocycles. The number of fused-ring (bicyclic) bond motifs is 1. The van der Waals surface area contributed by atoms with Gasteiger partial charge in [0.1, 0.15) is 5.76 Å². The van der Waals surface area contributed by atoms with Crippen LogP contribution in [-0.4, -0.2) is 40.0 Å². The maximum absolute atomic E-state index is 12.5. The number of amides is 1. The van der Waals surface area contributed by atoms with Gasteiger partial charge in [0.05, 0.1) is 29.5 Å². The molecule has 4 rings (SSSR count). The van der Waals surface area contributed by atoms with E-state index >= 15 is 0 Å². The molecule has 152 valence electrons. The largest absolute Gasteiger partial charge is 0.468 e. The molecule has 2 aromatic heterocycles. The van der Waals surface area contributed by atoms with E-state index in [1.54, 1.807) is 12.3 Å². The van der Waals surface area contributed by atoms with Crippen molar-refractivity contribution in [2.24, 2.45) is 0 Å². The smallest absolute Gasteiger partial charge is 0.261 e. The summed E-state index contributed by atoms with van der Waals surface area (Å²) in [4.78, 5) is 31.7. The number of hydrogen-bond donors (Lipinski definition) is 1. The van der Waals surface area contributed by atoms with Crippen molar-refractivity contribution in [1.82, 2.24) is 19.8 Å². The number of nitrogens with one attached hydrogen (secondary N) is 1. The van der Waals surface area contributed by atoms with Crippen molar-refractivity contribution < 1.29 is 9.21 Å². The molecular weight excluding hydrogens is 368 g/mol. The van der Waals surface area contributed by atoms with Gasteiger partial charge in [-0.15, -0.1) is 0 Å². The van der Waals surface area contributed by atoms with Crippen LogP contribution in [0.5, 0.6) is 0 Å². The number of likely N-dealkylation sites (tertiary alicyclic amines) is 1. The van der Waals surface area contributed by atoms with E-state index in [4.69, 9.17) is 4.42 Å². The van der Waals surface area contributed by atoms with Gasteiger partial charge in [-0.3, -0.25) is 19.1 Å². The lowest BCUT2D eigenvalue weighted by molar-refractivity contribution is -0.121. The molecule has 0 radical (unpaired) electrons. The van der Waals surface area contributed by atoms with E-state index in [1.807, 2.05) is 30.3 Å². The van der Waals surface area contributed by atoms with Gasteiger partial charge in [-0.1, -0.05) is 18.6 Å². The minimum absolute atomic E-state index is 0.0410. The zero-order valence-corrected chi connectivity index (χ0v) is 16.4. The van der Waals surface area contributed by atoms with Crippen LogP contribution >= 0.6 is 0 Å². The zero-order chi connectivity index (χ0) is 20.1. The Hall–Kier alpha value is -2.93. The summed E-state index contributed by atoms with van der Waals surface area (Å²) in [5.74, 6) is 0.792. The Morgan fingerprint density at radius 3 is 2.76 bits per heavy atom. The summed E-state index contributed by atoms with van der Waals surface area (Å²) in [5, 5.41) is 3.59. The number of hydrogen-bond acceptors (Lipinski definition) is 5. The van der Waals surface area contributed by atoms with Gasteiger partial charge < -0.3 is 9.73 Å². The topological polar surface area (TPSA) is 80.4 Å². The molecule has 1 N–H and O–H groups in total. The van der Waals surface area contributed by atoms with E-state index < -0.39 is 0 Å². The van der Waals surface area contributed by atoms with Gasteiger partial charge in [0.25, 0.3) is 5.56 Å². The number of rotatable bonds is 7. The number of piperidine rings is 1. The molecule has 29 heavy (non-hydrogen) atoms. The highest BCUT2D eigenvalue weighted by Gasteiger charge is 2.24. The Morgan fingerprint density at radius 2 is 1.97 bits per heavy atom. The van der Waals surface area contributed by atoms with Gasteiger partial charge in [0.15, 0.2) is 0 Å². The van der Waals surface area contributed by atoms with Crippen molar-refractivity contribution >= 4 is 16.8 Å². The normalized spacial score (nSPS) is 16.0. The van der Waals surface area contributed by atoms with Gasteiger partial charge in [0, 0.05) is 19.5 Å². The van der Waals surface area contributed by atoms with Crippen LogP contribution < -0.4 is 10.9 Å². The second-order valence-electron chi connectivity index (χ2n) is 7.44. The summed E-state index contributed by atoms with van der Waals surface area (Å²) in [6, 6.07) is 11.1. The molecule has 1 amide bonds. The van der Waals surface area contributed by atoms with E-state index in [1.165, 1.54) is 30.2 Å². The lowest BCUT2D eigenvalue weighted by Gasteiger charge is -2.33. The van der Waals surface area contributed by atoms with Crippen LogP contribution in [0.25, 0.3) is 10.9 Å². The first kappa shape index (κ1) is 19.4. The number of nitrogens with zero attached hydrogens (tertiary/aromatic N) is 3. The fourth-order valence-corrected chi connectivity index (χ4v) is 3.91. The summed E-state index contributed by atoms with van der Waals surface area (Å²) < 4.78 is 7.12. The highest BCUT2D eigenvalue weighted by Crippen LogP contribution is 2.24. The minimum Gasteiger partial charge on any atom is -0.468 e. The number of aryl methyl sites for hydroxylation is 1. The van der Waals surface area contributed by atoms with Gasteiger partial charge >= 0.3 is 0 Å². The molecule has 1 atom stereocenters. The molecule has 3 aromatic rings. The lowest BCUT2D eigenvalue weighted by atomic mass is 10.1. The number of benzene rings is 1. The minimum atomic E-state index is -0.120. The Kier molecular flexibility index (Phi) is 6.05. The van der Waals surface area contributed by atoms with Crippen LogP contribution in [0.2, 0.25) is 0 Å². The molecule has 0 bridgehead atoms. The number of furan rings is 1. The Labute approximate surface area is 169 Å². The Bertz CT molecular complexity index is 1010. The third-order valence-corrected chi connectivity index (χ3v) is 5.51. The number of para-hydroxylation sites is 1. The molecule has 7 heteroatoms. The van der Waals surface area contributed by atoms with Crippen LogP contribution in [0.4, 0.5) is 0 Å². The first-order valence-corrected chi connectivity index (χ1v) is 10.2. The third-order valence-electron chi connectivity index (χ3n) is 5.51. The average Bonchev–Trinajstić information content (AvgIpc) is 3.29. The van der Waals surface area contributed by atoms with Crippen molar-refractivity contribution in [3.8, 4) is 0 Å². The molecule has 1 unspecified atom stereocenters. The quantitative estimate of drug-likeness (QED) is 0.666. The zero-order valence-electron chi connectivity index (χ0n) is 16.4. The van der Waals surface area contributed by atoms with Gasteiger partial charge in [0.2, 0.25) is 5.91 Å². The molecule has 1 aliphatic rings. The molecule has 1 saturated heterocycles. The van der Waals surface area contributed by atoms with E-state index in [0.717, 1.165) is 18.8 Å². The molecule has 0 saturated carbocycles. The lowest BCUT2D eigenvalue weighted by Crippen LogP contribution is -2.40. The summed E-state index contributed by atoms with van der Waals surface area (Å²) in [7, 11) is 0. The van der Waals surface area contributed by atoms with Crippen LogP contribution in [0.1, 0.15) is 37.5 Å². The van der Waals surface area contributed by atoms with Gasteiger partial charge in [-0.05, 0) is 50.2 Å². The first-order chi connectivity index (χ1) is 14.2. The maximum atomic E-state index is 12.5. The van der Waals surface area contributed by atoms with E-state index in [-0.39, 0.29) is 23.9 Å². The standard InChI is InChI=1S/C22H26N4O3/c27-21(10-13-26-16-24-18-8-3-2-7-17(18)22(26)28)23-15-19(20-9-6-14-29-20)25-11-4-1-5-12-25/h2-3,6-9,14,16,19H,1,4-5,10-13,15H2,(H,23,27). The maximum Gasteiger partial charge on any atom is 0.261 e. The monoisotopic (exact) mass is 394 g/mol. The van der Waals surface area contributed by atoms with E-state index in [9.17, 15) is 9.59 Å². The fourth-order valence-electron chi connectivity index (χ4n) is 3.91. The summed E-state index contributed by atoms with van der Waals surface area (Å²) in [6.07, 6.45) is 7.00. The van der Waals surface area contributed by atoms with E-state index in [2.05, 4.69) is 15.2 Å². The summed E-state index contributed by atoms with van der Waals surface area (Å²) >= 11 is 0. The van der Waals surface area contributed by atoms with Crippen LogP contribution in [0, 0.1) is 0 Å². The number of carbonyl (C=O) groups is 1. The van der Waals surface area contributed by atoms with Crippen LogP contribution in [0.3, 0.4) is 0 Å². The van der Waals surface area contributed by atoms with Crippen molar-refractivity contribution in [3.63, 3.8) is 0 Å². The van der Waals surface area contributed by atoms with Gasteiger partial charge in [-0.25, -0.2) is 4.98 Å². The van der Waals surface area contributed by atoms with Crippen LogP contribution in [0.15, 0.2) is 58.2 Å². The SMILES string of the molecule is O=C(CCn1cnc2ccccc2c1=O)NCC(c1ccco1)N1CCCCC1. The highest BCUT2D eigenvalue weighted by molar-refractivity contribution is 5.77.